The molecule has 2 nitrogen and oxygen atoms in total. The molecule has 28 heavy (non-hydrogen) atoms. The number of benzene rings is 2. The summed E-state index contributed by atoms with van der Waals surface area (Å²) in [6.07, 6.45) is 10.7. The molecular weight excluding hydrogens is 480 g/mol. The number of ether oxygens (including phenoxy) is 2. The van der Waals surface area contributed by atoms with Crippen molar-refractivity contribution in [2.45, 2.75) is 64.7 Å². The molecule has 0 aliphatic carbocycles. The summed E-state index contributed by atoms with van der Waals surface area (Å²) in [6, 6.07) is 10.7. The van der Waals surface area contributed by atoms with Gasteiger partial charge in [0, 0.05) is 16.2 Å². The zero-order valence-corrected chi connectivity index (χ0v) is 20.3. The second-order valence-electron chi connectivity index (χ2n) is 7.18. The van der Waals surface area contributed by atoms with Crippen molar-refractivity contribution >= 4 is 42.6 Å². The van der Waals surface area contributed by atoms with Crippen molar-refractivity contribution in [2.24, 2.45) is 0 Å². The first-order chi connectivity index (χ1) is 13.8. The van der Waals surface area contributed by atoms with Crippen LogP contribution in [0.1, 0.15) is 63.9 Å². The van der Waals surface area contributed by atoms with Crippen LogP contribution in [0.25, 0.3) is 10.8 Å². The van der Waals surface area contributed by atoms with Gasteiger partial charge < -0.3 is 9.47 Å². The zero-order valence-electron chi connectivity index (χ0n) is 17.2. The molecule has 2 aromatic rings. The van der Waals surface area contributed by atoms with Gasteiger partial charge in [-0.25, -0.2) is 0 Å². The van der Waals surface area contributed by atoms with Crippen molar-refractivity contribution in [2.75, 3.05) is 23.9 Å². The number of halogens is 2. The Morgan fingerprint density at radius 1 is 0.714 bits per heavy atom. The van der Waals surface area contributed by atoms with Gasteiger partial charge in [-0.15, -0.1) is 0 Å². The molecule has 156 valence electrons. The van der Waals surface area contributed by atoms with Crippen LogP contribution in [0.4, 0.5) is 0 Å². The largest absolute Gasteiger partial charge is 0.494 e. The van der Waals surface area contributed by atoms with Crippen LogP contribution >= 0.6 is 31.9 Å². The molecular formula is C24H34Br2O2. The lowest BCUT2D eigenvalue weighted by molar-refractivity contribution is 0.302. The number of rotatable bonds is 15. The minimum absolute atomic E-state index is 0.796. The fraction of sp³-hybridized carbons (Fsp3) is 0.583. The van der Waals surface area contributed by atoms with Crippen molar-refractivity contribution in [3.63, 3.8) is 0 Å². The van der Waals surface area contributed by atoms with Gasteiger partial charge in [0.1, 0.15) is 11.5 Å². The Hall–Kier alpha value is -0.740. The molecule has 0 aromatic heterocycles. The van der Waals surface area contributed by atoms with E-state index < -0.39 is 0 Å². The van der Waals surface area contributed by atoms with E-state index in [1.54, 1.807) is 0 Å². The first-order valence-corrected chi connectivity index (χ1v) is 13.0. The second kappa shape index (κ2) is 14.3. The van der Waals surface area contributed by atoms with Gasteiger partial charge >= 0.3 is 0 Å². The maximum absolute atomic E-state index is 6.11. The Bertz CT molecular complexity index is 688. The van der Waals surface area contributed by atoms with E-state index in [-0.39, 0.29) is 0 Å². The number of alkyl halides is 2. The third-order valence-corrected chi connectivity index (χ3v) is 6.12. The lowest BCUT2D eigenvalue weighted by Gasteiger charge is -2.14. The van der Waals surface area contributed by atoms with Crippen LogP contribution in [0.3, 0.4) is 0 Å². The van der Waals surface area contributed by atoms with E-state index in [4.69, 9.17) is 9.47 Å². The van der Waals surface area contributed by atoms with Gasteiger partial charge in [-0.05, 0) is 61.1 Å². The number of hydrogen-bond acceptors (Lipinski definition) is 2. The fourth-order valence-corrected chi connectivity index (χ4v) is 4.21. The molecule has 0 aliphatic rings. The molecule has 0 saturated heterocycles. The van der Waals surface area contributed by atoms with Crippen molar-refractivity contribution < 1.29 is 9.47 Å². The molecule has 0 N–H and O–H groups in total. The zero-order chi connectivity index (χ0) is 20.0. The first-order valence-electron chi connectivity index (χ1n) is 10.7. The van der Waals surface area contributed by atoms with Gasteiger partial charge in [0.2, 0.25) is 0 Å². The predicted octanol–water partition coefficient (Wildman–Crippen LogP) is 8.07. The Morgan fingerprint density at radius 3 is 2.00 bits per heavy atom. The molecule has 0 heterocycles. The summed E-state index contributed by atoms with van der Waals surface area (Å²) in [5, 5.41) is 4.71. The number of aryl methyl sites for hydroxylation is 1. The predicted molar refractivity (Wildman–Crippen MR) is 129 cm³/mol. The van der Waals surface area contributed by atoms with Gasteiger partial charge in [-0.1, -0.05) is 76.6 Å². The molecule has 0 spiro atoms. The maximum atomic E-state index is 6.11. The summed E-state index contributed by atoms with van der Waals surface area (Å²) in [7, 11) is 0. The quantitative estimate of drug-likeness (QED) is 0.177. The van der Waals surface area contributed by atoms with E-state index in [1.807, 2.05) is 0 Å². The lowest BCUT2D eigenvalue weighted by Crippen LogP contribution is -2.01. The summed E-state index contributed by atoms with van der Waals surface area (Å²) in [4.78, 5) is 0. The smallest absolute Gasteiger partial charge is 0.123 e. The molecule has 0 aliphatic heterocycles. The highest BCUT2D eigenvalue weighted by atomic mass is 79.9. The highest BCUT2D eigenvalue weighted by Crippen LogP contribution is 2.31. The van der Waals surface area contributed by atoms with Crippen LogP contribution in [0.2, 0.25) is 0 Å². The lowest BCUT2D eigenvalue weighted by atomic mass is 10.0. The molecule has 0 unspecified atom stereocenters. The topological polar surface area (TPSA) is 18.5 Å². The molecule has 0 radical (unpaired) electrons. The van der Waals surface area contributed by atoms with Crippen LogP contribution in [0.15, 0.2) is 30.3 Å². The summed E-state index contributed by atoms with van der Waals surface area (Å²) in [5.74, 6) is 2.01. The average molecular weight is 514 g/mol. The van der Waals surface area contributed by atoms with E-state index in [9.17, 15) is 0 Å². The highest BCUT2D eigenvalue weighted by Gasteiger charge is 2.08. The van der Waals surface area contributed by atoms with E-state index in [1.165, 1.54) is 54.9 Å². The number of hydrogen-bond donors (Lipinski definition) is 0. The summed E-state index contributed by atoms with van der Waals surface area (Å²) < 4.78 is 12.1. The number of unbranched alkanes of at least 4 members (excludes halogenated alkanes) is 6. The average Bonchev–Trinajstić information content (AvgIpc) is 2.72. The van der Waals surface area contributed by atoms with Gasteiger partial charge in [-0.2, -0.15) is 0 Å². The normalized spacial score (nSPS) is 11.1. The third kappa shape index (κ3) is 7.94. The standard InChI is InChI=1S/C24H34Br2O2/c1-2-22-23-13-12-21(27-17-9-5-3-7-15-25)19-20(23)11-14-24(22)28-18-10-6-4-8-16-26/h11-14,19H,2-10,15-18H2,1H3. The SMILES string of the molecule is CCc1c(OCCCCCCBr)ccc2cc(OCCCCCCBr)ccc12. The van der Waals surface area contributed by atoms with E-state index >= 15 is 0 Å². The summed E-state index contributed by atoms with van der Waals surface area (Å²) in [6.45, 7) is 3.80. The van der Waals surface area contributed by atoms with Gasteiger partial charge in [0.25, 0.3) is 0 Å². The first kappa shape index (κ1) is 23.5. The van der Waals surface area contributed by atoms with Crippen LogP contribution in [0.5, 0.6) is 11.5 Å². The van der Waals surface area contributed by atoms with Crippen LogP contribution in [-0.4, -0.2) is 23.9 Å². The molecule has 2 rings (SSSR count). The number of fused-ring (bicyclic) bond motifs is 1. The molecule has 0 fully saturated rings. The van der Waals surface area contributed by atoms with Crippen molar-refractivity contribution in [1.29, 1.82) is 0 Å². The van der Waals surface area contributed by atoms with E-state index in [0.717, 1.165) is 54.6 Å². The van der Waals surface area contributed by atoms with Crippen LogP contribution < -0.4 is 9.47 Å². The van der Waals surface area contributed by atoms with E-state index in [0.29, 0.717) is 0 Å². The summed E-state index contributed by atoms with van der Waals surface area (Å²) in [5.41, 5.74) is 1.30. The Labute approximate surface area is 187 Å². The minimum Gasteiger partial charge on any atom is -0.494 e. The van der Waals surface area contributed by atoms with Crippen molar-refractivity contribution in [3.05, 3.63) is 35.9 Å². The highest BCUT2D eigenvalue weighted by molar-refractivity contribution is 9.09. The second-order valence-corrected chi connectivity index (χ2v) is 8.77. The van der Waals surface area contributed by atoms with Gasteiger partial charge in [0.15, 0.2) is 0 Å². The molecule has 4 heteroatoms. The van der Waals surface area contributed by atoms with Gasteiger partial charge in [-0.3, -0.25) is 0 Å². The minimum atomic E-state index is 0.796. The summed E-state index contributed by atoms with van der Waals surface area (Å²) >= 11 is 6.97. The van der Waals surface area contributed by atoms with Crippen LogP contribution in [0, 0.1) is 0 Å². The Balaban J connectivity index is 1.91. The molecule has 0 amide bonds. The maximum Gasteiger partial charge on any atom is 0.123 e. The molecule has 0 bridgehead atoms. The fourth-order valence-electron chi connectivity index (χ4n) is 3.41. The Morgan fingerprint density at radius 2 is 1.36 bits per heavy atom. The van der Waals surface area contributed by atoms with Gasteiger partial charge in [0.05, 0.1) is 13.2 Å². The van der Waals surface area contributed by atoms with Crippen molar-refractivity contribution in [1.82, 2.24) is 0 Å². The van der Waals surface area contributed by atoms with Crippen molar-refractivity contribution in [3.8, 4) is 11.5 Å². The molecule has 0 atom stereocenters. The van der Waals surface area contributed by atoms with E-state index in [2.05, 4.69) is 69.1 Å². The Kier molecular flexibility index (Phi) is 12.0. The molecule has 2 aromatic carbocycles. The molecule has 0 saturated carbocycles. The van der Waals surface area contributed by atoms with Crippen LogP contribution in [-0.2, 0) is 6.42 Å². The monoisotopic (exact) mass is 512 g/mol. The third-order valence-electron chi connectivity index (χ3n) is 5.00.